The second kappa shape index (κ2) is 8.31. The van der Waals surface area contributed by atoms with Crippen molar-refractivity contribution in [2.45, 2.75) is 37.8 Å². The lowest BCUT2D eigenvalue weighted by atomic mass is 10.0. The van der Waals surface area contributed by atoms with Crippen LogP contribution < -0.4 is 10.6 Å². The fourth-order valence-corrected chi connectivity index (χ4v) is 3.45. The van der Waals surface area contributed by atoms with E-state index in [2.05, 4.69) is 0 Å². The molecular weight excluding hydrogens is 444 g/mol. The standard InChI is InChI=1S/C22H18ClF2N3O4/c23-15-4-2-14(3-5-15)22(24,25)21(32)26-10-12-1-6-16-13(9-12)11-28(20(16)31)17-7-8-18(29)27-19(17)30/h1-6,9,17H,7-8,10-11H2,(H,26,32)(H,27,29,30)/t17-/m1/s1/i8D,10D2,17D/hD/t8?,17-. The Labute approximate surface area is 193 Å². The van der Waals surface area contributed by atoms with Gasteiger partial charge in [0.15, 0.2) is 1.41 Å². The number of carbonyl (C=O) groups is 4. The van der Waals surface area contributed by atoms with Gasteiger partial charge in [-0.25, -0.2) is 0 Å². The van der Waals surface area contributed by atoms with Crippen molar-refractivity contribution in [3.63, 3.8) is 0 Å². The van der Waals surface area contributed by atoms with E-state index < -0.39 is 71.3 Å². The number of nitrogens with zero attached hydrogens (tertiary/aromatic N) is 1. The summed E-state index contributed by atoms with van der Waals surface area (Å²) in [7, 11) is 0. The van der Waals surface area contributed by atoms with Crippen LogP contribution in [0.15, 0.2) is 42.5 Å². The number of carbonyl (C=O) groups excluding carboxylic acids is 4. The zero-order valence-electron chi connectivity index (χ0n) is 21.2. The minimum atomic E-state index is -4.25. The fourth-order valence-electron chi connectivity index (χ4n) is 3.33. The number of benzene rings is 2. The lowest BCUT2D eigenvalue weighted by molar-refractivity contribution is -0.147. The highest BCUT2D eigenvalue weighted by molar-refractivity contribution is 6.30. The van der Waals surface area contributed by atoms with Crippen molar-refractivity contribution in [3.8, 4) is 0 Å². The minimum Gasteiger partial charge on any atom is -0.346 e. The summed E-state index contributed by atoms with van der Waals surface area (Å²) in [5, 5.41) is 1.53. The van der Waals surface area contributed by atoms with E-state index in [1.807, 2.05) is 5.32 Å². The SMILES string of the molecule is [2H]C1C[C@@]([2H])(N2Cc3cc(C([2H])([2H])N([2H])C(=O)C(F)(F)c4ccc(Cl)cc4)ccc3C2=O)C(=O)NC1=O. The molecule has 0 bridgehead atoms. The van der Waals surface area contributed by atoms with Gasteiger partial charge in [0, 0.05) is 37.0 Å². The third-order valence-electron chi connectivity index (χ3n) is 4.98. The topological polar surface area (TPSA) is 95.6 Å². The van der Waals surface area contributed by atoms with Crippen molar-refractivity contribution < 1.29 is 34.9 Å². The fraction of sp³-hybridized carbons (Fsp3) is 0.273. The quantitative estimate of drug-likeness (QED) is 0.662. The zero-order chi connectivity index (χ0) is 27.5. The maximum Gasteiger partial charge on any atom is 0.349 e. The smallest absolute Gasteiger partial charge is 0.346 e. The molecule has 2 N–H and O–H groups in total. The molecular formula is C22H18ClF2N3O4. The number of piperidine rings is 1. The van der Waals surface area contributed by atoms with E-state index in [4.69, 9.17) is 18.5 Å². The van der Waals surface area contributed by atoms with E-state index in [0.29, 0.717) is 0 Å². The Kier molecular flexibility index (Phi) is 4.24. The Morgan fingerprint density at radius 3 is 2.75 bits per heavy atom. The van der Waals surface area contributed by atoms with Crippen LogP contribution in [0.1, 0.15) is 45.3 Å². The molecule has 7 nitrogen and oxygen atoms in total. The molecule has 0 aromatic heterocycles. The summed E-state index contributed by atoms with van der Waals surface area (Å²) >= 11 is 5.68. The minimum absolute atomic E-state index is 0.0215. The van der Waals surface area contributed by atoms with Gasteiger partial charge in [-0.05, 0) is 35.7 Å². The van der Waals surface area contributed by atoms with E-state index in [-0.39, 0.29) is 22.7 Å². The number of halogens is 3. The maximum atomic E-state index is 14.8. The van der Waals surface area contributed by atoms with Crippen molar-refractivity contribution in [3.05, 3.63) is 69.7 Å². The molecule has 1 saturated heterocycles. The number of imide groups is 1. The highest BCUT2D eigenvalue weighted by atomic mass is 35.5. The van der Waals surface area contributed by atoms with Gasteiger partial charge in [-0.1, -0.05) is 35.9 Å². The molecule has 4 amide bonds. The van der Waals surface area contributed by atoms with Gasteiger partial charge in [-0.2, -0.15) is 8.78 Å². The van der Waals surface area contributed by atoms with Crippen LogP contribution in [0.3, 0.4) is 0 Å². The summed E-state index contributed by atoms with van der Waals surface area (Å²) < 4.78 is 70.1. The van der Waals surface area contributed by atoms with Crippen LogP contribution in [0.2, 0.25) is 6.43 Å². The first-order valence-corrected chi connectivity index (χ1v) is 9.69. The van der Waals surface area contributed by atoms with Crippen molar-refractivity contribution in [1.82, 2.24) is 15.5 Å². The molecule has 1 fully saturated rings. The number of nitrogens with one attached hydrogen (secondary N) is 2. The Bertz CT molecular complexity index is 1330. The molecule has 0 spiro atoms. The van der Waals surface area contributed by atoms with Gasteiger partial charge in [0.1, 0.15) is 6.02 Å². The first-order chi connectivity index (χ1) is 17.1. The first-order valence-electron chi connectivity index (χ1n) is 11.8. The predicted octanol–water partition coefficient (Wildman–Crippen LogP) is 2.51. The summed E-state index contributed by atoms with van der Waals surface area (Å²) in [5.74, 6) is -9.18. The molecule has 2 aliphatic heterocycles. The van der Waals surface area contributed by atoms with Crippen LogP contribution in [-0.2, 0) is 33.3 Å². The summed E-state index contributed by atoms with van der Waals surface area (Å²) in [5.41, 5.74) is -1.11. The third-order valence-corrected chi connectivity index (χ3v) is 5.23. The second-order valence-corrected chi connectivity index (χ2v) is 7.48. The van der Waals surface area contributed by atoms with E-state index >= 15 is 0 Å². The number of hydrogen-bond donors (Lipinski definition) is 2. The van der Waals surface area contributed by atoms with E-state index in [0.717, 1.165) is 47.4 Å². The predicted molar refractivity (Wildman–Crippen MR) is 110 cm³/mol. The van der Waals surface area contributed by atoms with Crippen molar-refractivity contribution in [2.24, 2.45) is 0 Å². The number of hydrogen-bond acceptors (Lipinski definition) is 4. The molecule has 2 heterocycles. The molecule has 10 heteroatoms. The molecule has 32 heavy (non-hydrogen) atoms. The number of amides is 4. The van der Waals surface area contributed by atoms with Crippen molar-refractivity contribution in [1.29, 1.82) is 0 Å². The number of fused-ring (bicyclic) bond motifs is 1. The molecule has 166 valence electrons. The molecule has 2 aromatic rings. The van der Waals surface area contributed by atoms with Crippen LogP contribution in [0.5, 0.6) is 0 Å². The summed E-state index contributed by atoms with van der Waals surface area (Å²) in [4.78, 5) is 50.2. The van der Waals surface area contributed by atoms with Crippen LogP contribution in [0, 0.1) is 0 Å². The monoisotopic (exact) mass is 466 g/mol. The van der Waals surface area contributed by atoms with Gasteiger partial charge in [-0.3, -0.25) is 24.5 Å². The normalized spacial score (nSPS) is 25.7. The molecule has 0 saturated carbocycles. The molecule has 0 aliphatic carbocycles. The second-order valence-electron chi connectivity index (χ2n) is 7.05. The van der Waals surface area contributed by atoms with E-state index in [1.165, 1.54) is 0 Å². The van der Waals surface area contributed by atoms with Gasteiger partial charge in [0.05, 0.1) is 4.11 Å². The van der Waals surface area contributed by atoms with Crippen LogP contribution in [0.4, 0.5) is 8.78 Å². The number of rotatable bonds is 5. The van der Waals surface area contributed by atoms with E-state index in [9.17, 15) is 28.0 Å². The molecule has 1 unspecified atom stereocenters. The Hall–Kier alpha value is -3.33. The summed E-state index contributed by atoms with van der Waals surface area (Å²) in [6.07, 6.45) is -2.05. The Morgan fingerprint density at radius 1 is 1.31 bits per heavy atom. The van der Waals surface area contributed by atoms with Crippen LogP contribution in [0.25, 0.3) is 0 Å². The lowest BCUT2D eigenvalue weighted by Gasteiger charge is -2.29. The largest absolute Gasteiger partial charge is 0.349 e. The Balaban J connectivity index is 1.61. The van der Waals surface area contributed by atoms with Crippen molar-refractivity contribution in [2.75, 3.05) is 0 Å². The van der Waals surface area contributed by atoms with Gasteiger partial charge in [0.2, 0.25) is 11.8 Å². The molecule has 2 aromatic carbocycles. The van der Waals surface area contributed by atoms with Gasteiger partial charge >= 0.3 is 5.92 Å². The molecule has 0 radical (unpaired) electrons. The summed E-state index contributed by atoms with van der Waals surface area (Å²) in [6, 6.07) is 4.96. The summed E-state index contributed by atoms with van der Waals surface area (Å²) in [6.45, 7) is -3.46. The highest BCUT2D eigenvalue weighted by Gasteiger charge is 2.41. The highest BCUT2D eigenvalue weighted by Crippen LogP contribution is 2.30. The van der Waals surface area contributed by atoms with Crippen molar-refractivity contribution >= 4 is 35.2 Å². The Morgan fingerprint density at radius 2 is 2.03 bits per heavy atom. The lowest BCUT2D eigenvalue weighted by Crippen LogP contribution is -2.52. The zero-order valence-corrected chi connectivity index (χ0v) is 17.0. The van der Waals surface area contributed by atoms with Crippen LogP contribution >= 0.6 is 11.6 Å². The first kappa shape index (κ1) is 16.3. The maximum absolute atomic E-state index is 14.8. The third kappa shape index (κ3) is 4.08. The van der Waals surface area contributed by atoms with Gasteiger partial charge in [0.25, 0.3) is 11.8 Å². The van der Waals surface area contributed by atoms with E-state index in [1.54, 1.807) is 0 Å². The average molecular weight is 467 g/mol. The molecule has 2 atom stereocenters. The number of alkyl halides is 2. The van der Waals surface area contributed by atoms with Crippen LogP contribution in [-0.4, -0.2) is 34.5 Å². The molecule has 4 rings (SSSR count). The average Bonchev–Trinajstić information content (AvgIpc) is 3.18. The van der Waals surface area contributed by atoms with Gasteiger partial charge < -0.3 is 10.2 Å². The molecule has 2 aliphatic rings. The van der Waals surface area contributed by atoms with Gasteiger partial charge in [-0.15, -0.1) is 0 Å².